The van der Waals surface area contributed by atoms with E-state index in [2.05, 4.69) is 27.4 Å². The summed E-state index contributed by atoms with van der Waals surface area (Å²) < 4.78 is 5.15. The number of amides is 1. The van der Waals surface area contributed by atoms with Crippen LogP contribution in [0.1, 0.15) is 32.6 Å². The van der Waals surface area contributed by atoms with Crippen molar-refractivity contribution in [2.45, 2.75) is 43.8 Å². The third kappa shape index (κ3) is 4.75. The van der Waals surface area contributed by atoms with Gasteiger partial charge in [-0.3, -0.25) is 9.89 Å². The fourth-order valence-electron chi connectivity index (χ4n) is 3.10. The highest BCUT2D eigenvalue weighted by atomic mass is 32.2. The molecule has 0 bridgehead atoms. The summed E-state index contributed by atoms with van der Waals surface area (Å²) in [7, 11) is 1.64. The van der Waals surface area contributed by atoms with Crippen LogP contribution >= 0.6 is 11.8 Å². The van der Waals surface area contributed by atoms with E-state index >= 15 is 0 Å². The number of ether oxygens (including phenoxy) is 1. The Morgan fingerprint density at radius 1 is 1.32 bits per heavy atom. The highest BCUT2D eigenvalue weighted by Crippen LogP contribution is 2.24. The molecule has 2 aromatic rings. The number of nitrogens with zero attached hydrogens (tertiary/aromatic N) is 2. The molecule has 7 heteroatoms. The van der Waals surface area contributed by atoms with Crippen molar-refractivity contribution >= 4 is 17.7 Å². The van der Waals surface area contributed by atoms with Gasteiger partial charge >= 0.3 is 0 Å². The Morgan fingerprint density at radius 3 is 2.80 bits per heavy atom. The van der Waals surface area contributed by atoms with Crippen molar-refractivity contribution in [3.8, 4) is 17.1 Å². The molecule has 2 atom stereocenters. The molecule has 1 aromatic heterocycles. The van der Waals surface area contributed by atoms with Crippen molar-refractivity contribution in [1.29, 1.82) is 0 Å². The SMILES string of the molecule is COc1ccc(-c2nc(SCC(=O)N[C@H]3CCCC[C@@H]3C)n[nH]2)cc1. The quantitative estimate of drug-likeness (QED) is 0.773. The first-order chi connectivity index (χ1) is 12.2. The van der Waals surface area contributed by atoms with Gasteiger partial charge in [0.1, 0.15) is 5.75 Å². The van der Waals surface area contributed by atoms with Gasteiger partial charge < -0.3 is 10.1 Å². The minimum absolute atomic E-state index is 0.0551. The second-order valence-corrected chi connectivity index (χ2v) is 7.36. The van der Waals surface area contributed by atoms with Crippen LogP contribution in [0.2, 0.25) is 0 Å². The van der Waals surface area contributed by atoms with Gasteiger partial charge in [0, 0.05) is 11.6 Å². The fourth-order valence-corrected chi connectivity index (χ4v) is 3.71. The maximum Gasteiger partial charge on any atom is 0.230 e. The fraction of sp³-hybridized carbons (Fsp3) is 0.500. The molecule has 1 aromatic carbocycles. The van der Waals surface area contributed by atoms with E-state index in [9.17, 15) is 4.79 Å². The molecule has 1 aliphatic carbocycles. The van der Waals surface area contributed by atoms with Gasteiger partial charge in [-0.25, -0.2) is 4.98 Å². The molecular weight excluding hydrogens is 336 g/mol. The molecule has 1 saturated carbocycles. The summed E-state index contributed by atoms with van der Waals surface area (Å²) in [6.07, 6.45) is 4.76. The summed E-state index contributed by atoms with van der Waals surface area (Å²) in [5.74, 6) is 2.44. The number of hydrogen-bond donors (Lipinski definition) is 2. The second kappa shape index (κ2) is 8.38. The van der Waals surface area contributed by atoms with Crippen molar-refractivity contribution in [3.63, 3.8) is 0 Å². The smallest absolute Gasteiger partial charge is 0.230 e. The topological polar surface area (TPSA) is 79.9 Å². The van der Waals surface area contributed by atoms with Crippen LogP contribution in [0.5, 0.6) is 5.75 Å². The number of methoxy groups -OCH3 is 1. The number of carbonyl (C=O) groups excluding carboxylic acids is 1. The Morgan fingerprint density at radius 2 is 2.08 bits per heavy atom. The molecular formula is C18H24N4O2S. The molecule has 1 amide bonds. The van der Waals surface area contributed by atoms with E-state index < -0.39 is 0 Å². The zero-order valence-electron chi connectivity index (χ0n) is 14.6. The second-order valence-electron chi connectivity index (χ2n) is 6.42. The maximum atomic E-state index is 12.2. The van der Waals surface area contributed by atoms with Gasteiger partial charge in [-0.2, -0.15) is 0 Å². The van der Waals surface area contributed by atoms with Crippen LogP contribution in [0.15, 0.2) is 29.4 Å². The van der Waals surface area contributed by atoms with Crippen molar-refractivity contribution in [1.82, 2.24) is 20.5 Å². The monoisotopic (exact) mass is 360 g/mol. The van der Waals surface area contributed by atoms with Crippen molar-refractivity contribution in [2.75, 3.05) is 12.9 Å². The molecule has 6 nitrogen and oxygen atoms in total. The minimum atomic E-state index is 0.0551. The van der Waals surface area contributed by atoms with Gasteiger partial charge in [0.15, 0.2) is 5.82 Å². The van der Waals surface area contributed by atoms with E-state index in [1.165, 1.54) is 31.0 Å². The Kier molecular flexibility index (Phi) is 5.96. The number of aromatic nitrogens is 3. The van der Waals surface area contributed by atoms with Crippen molar-refractivity contribution < 1.29 is 9.53 Å². The average Bonchev–Trinajstić information content (AvgIpc) is 3.11. The first-order valence-electron chi connectivity index (χ1n) is 8.64. The summed E-state index contributed by atoms with van der Waals surface area (Å²) in [5, 5.41) is 10.8. The van der Waals surface area contributed by atoms with Crippen LogP contribution in [0.3, 0.4) is 0 Å². The van der Waals surface area contributed by atoms with Crippen LogP contribution in [0, 0.1) is 5.92 Å². The maximum absolute atomic E-state index is 12.2. The van der Waals surface area contributed by atoms with E-state index in [4.69, 9.17) is 4.74 Å². The Labute approximate surface area is 152 Å². The lowest BCUT2D eigenvalue weighted by molar-refractivity contribution is -0.119. The zero-order chi connectivity index (χ0) is 17.6. The molecule has 1 aliphatic rings. The molecule has 0 radical (unpaired) electrons. The van der Waals surface area contributed by atoms with Gasteiger partial charge in [0.2, 0.25) is 11.1 Å². The summed E-state index contributed by atoms with van der Waals surface area (Å²) >= 11 is 1.35. The van der Waals surface area contributed by atoms with E-state index in [-0.39, 0.29) is 5.91 Å². The first-order valence-corrected chi connectivity index (χ1v) is 9.63. The number of aromatic amines is 1. The number of nitrogens with one attached hydrogen (secondary N) is 2. The average molecular weight is 360 g/mol. The van der Waals surface area contributed by atoms with Gasteiger partial charge in [-0.1, -0.05) is 31.5 Å². The van der Waals surface area contributed by atoms with Crippen molar-refractivity contribution in [3.05, 3.63) is 24.3 Å². The number of rotatable bonds is 6. The number of H-pyrrole nitrogens is 1. The third-order valence-electron chi connectivity index (χ3n) is 4.62. The Balaban J connectivity index is 1.51. The predicted molar refractivity (Wildman–Crippen MR) is 98.7 cm³/mol. The number of carbonyl (C=O) groups is 1. The molecule has 2 N–H and O–H groups in total. The molecule has 0 aliphatic heterocycles. The largest absolute Gasteiger partial charge is 0.497 e. The van der Waals surface area contributed by atoms with Crippen LogP contribution in [0.25, 0.3) is 11.4 Å². The van der Waals surface area contributed by atoms with Gasteiger partial charge in [-0.15, -0.1) is 5.10 Å². The van der Waals surface area contributed by atoms with Gasteiger partial charge in [0.25, 0.3) is 0 Å². The summed E-state index contributed by atoms with van der Waals surface area (Å²) in [6.45, 7) is 2.22. The third-order valence-corrected chi connectivity index (χ3v) is 5.47. The lowest BCUT2D eigenvalue weighted by Crippen LogP contribution is -2.41. The summed E-state index contributed by atoms with van der Waals surface area (Å²) in [4.78, 5) is 16.6. The molecule has 0 saturated heterocycles. The predicted octanol–water partition coefficient (Wildman–Crippen LogP) is 3.27. The number of hydrogen-bond acceptors (Lipinski definition) is 5. The molecule has 1 fully saturated rings. The normalized spacial score (nSPS) is 20.2. The van der Waals surface area contributed by atoms with Crippen LogP contribution in [-0.4, -0.2) is 40.0 Å². The van der Waals surface area contributed by atoms with Gasteiger partial charge in [0.05, 0.1) is 12.9 Å². The lowest BCUT2D eigenvalue weighted by atomic mass is 9.86. The molecule has 0 spiro atoms. The molecule has 1 heterocycles. The van der Waals surface area contributed by atoms with Crippen molar-refractivity contribution in [2.24, 2.45) is 5.92 Å². The van der Waals surface area contributed by atoms with E-state index in [0.29, 0.717) is 28.7 Å². The highest BCUT2D eigenvalue weighted by Gasteiger charge is 2.22. The molecule has 3 rings (SSSR count). The molecule has 134 valence electrons. The number of benzene rings is 1. The standard InChI is InChI=1S/C18H24N4O2S/c1-12-5-3-4-6-15(12)19-16(23)11-25-18-20-17(21-22-18)13-7-9-14(24-2)10-8-13/h7-10,12,15H,3-6,11H2,1-2H3,(H,19,23)(H,20,21,22)/t12-,15-/m0/s1. The van der Waals surface area contributed by atoms with E-state index in [1.807, 2.05) is 24.3 Å². The van der Waals surface area contributed by atoms with Crippen LogP contribution in [0.4, 0.5) is 0 Å². The summed E-state index contributed by atoms with van der Waals surface area (Å²) in [6, 6.07) is 7.91. The molecule has 0 unspecified atom stereocenters. The van der Waals surface area contributed by atoms with Gasteiger partial charge in [-0.05, 0) is 43.0 Å². The first kappa shape index (κ1) is 17.8. The Hall–Kier alpha value is -2.02. The summed E-state index contributed by atoms with van der Waals surface area (Å²) in [5.41, 5.74) is 0.931. The van der Waals surface area contributed by atoms with Crippen LogP contribution in [-0.2, 0) is 4.79 Å². The minimum Gasteiger partial charge on any atom is -0.497 e. The highest BCUT2D eigenvalue weighted by molar-refractivity contribution is 7.99. The number of thioether (sulfide) groups is 1. The molecule has 25 heavy (non-hydrogen) atoms. The zero-order valence-corrected chi connectivity index (χ0v) is 15.4. The lowest BCUT2D eigenvalue weighted by Gasteiger charge is -2.29. The van der Waals surface area contributed by atoms with E-state index in [0.717, 1.165) is 17.7 Å². The van der Waals surface area contributed by atoms with Crippen LogP contribution < -0.4 is 10.1 Å². The van der Waals surface area contributed by atoms with E-state index in [1.54, 1.807) is 7.11 Å². The Bertz CT molecular complexity index is 701.